The Morgan fingerprint density at radius 1 is 1.39 bits per heavy atom. The first-order valence-electron chi connectivity index (χ1n) is 5.80. The van der Waals surface area contributed by atoms with E-state index in [4.69, 9.17) is 11.6 Å². The summed E-state index contributed by atoms with van der Waals surface area (Å²) in [5, 5.41) is 10.6. The molecule has 1 aromatic heterocycles. The number of likely N-dealkylation sites (tertiary alicyclic amines) is 1. The fourth-order valence-corrected chi connectivity index (χ4v) is 2.72. The molecule has 1 aliphatic heterocycles. The molecule has 4 nitrogen and oxygen atoms in total. The highest BCUT2D eigenvalue weighted by Gasteiger charge is 2.32. The number of halogens is 1. The lowest BCUT2D eigenvalue weighted by Gasteiger charge is -2.35. The minimum atomic E-state index is -0.401. The van der Waals surface area contributed by atoms with Crippen LogP contribution in [0.2, 0.25) is 5.02 Å². The normalized spacial score (nSPS) is 16.1. The summed E-state index contributed by atoms with van der Waals surface area (Å²) < 4.78 is 1.81. The van der Waals surface area contributed by atoms with Crippen LogP contribution in [0.5, 0.6) is 0 Å². The minimum absolute atomic E-state index is 0.121. The van der Waals surface area contributed by atoms with Gasteiger partial charge >= 0.3 is 0 Å². The second-order valence-electron chi connectivity index (χ2n) is 4.60. The van der Waals surface area contributed by atoms with E-state index in [0.29, 0.717) is 23.8 Å². The van der Waals surface area contributed by atoms with Crippen molar-refractivity contribution >= 4 is 28.4 Å². The van der Waals surface area contributed by atoms with Crippen LogP contribution in [0.3, 0.4) is 0 Å². The number of aliphatic hydroxyl groups is 1. The van der Waals surface area contributed by atoms with Gasteiger partial charge in [-0.3, -0.25) is 4.79 Å². The van der Waals surface area contributed by atoms with E-state index in [1.54, 1.807) is 4.90 Å². The first-order valence-corrected chi connectivity index (χ1v) is 6.17. The molecular formula is C13H13ClN2O2. The van der Waals surface area contributed by atoms with E-state index in [2.05, 4.69) is 0 Å². The van der Waals surface area contributed by atoms with Crippen LogP contribution < -0.4 is 0 Å². The number of hydrogen-bond acceptors (Lipinski definition) is 2. The number of benzene rings is 1. The highest BCUT2D eigenvalue weighted by molar-refractivity contribution is 6.38. The smallest absolute Gasteiger partial charge is 0.272 e. The van der Waals surface area contributed by atoms with Crippen molar-refractivity contribution < 1.29 is 9.90 Å². The Morgan fingerprint density at radius 3 is 2.67 bits per heavy atom. The lowest BCUT2D eigenvalue weighted by molar-refractivity contribution is 0.00531. The predicted octanol–water partition coefficient (Wildman–Crippen LogP) is 1.65. The van der Waals surface area contributed by atoms with E-state index in [0.717, 1.165) is 10.9 Å². The predicted molar refractivity (Wildman–Crippen MR) is 69.8 cm³/mol. The summed E-state index contributed by atoms with van der Waals surface area (Å²) in [4.78, 5) is 13.9. The molecule has 2 heterocycles. The molecule has 0 radical (unpaired) electrons. The number of aromatic nitrogens is 1. The number of β-amino-alcohol motifs (C(OH)–C–C–N with tert-alkyl or cyclic N) is 1. The van der Waals surface area contributed by atoms with Gasteiger partial charge < -0.3 is 14.6 Å². The van der Waals surface area contributed by atoms with Crippen molar-refractivity contribution in [1.82, 2.24) is 9.47 Å². The minimum Gasteiger partial charge on any atom is -0.389 e. The molecule has 2 aromatic rings. The number of rotatable bonds is 1. The summed E-state index contributed by atoms with van der Waals surface area (Å²) >= 11 is 6.29. The molecular weight excluding hydrogens is 252 g/mol. The third-order valence-electron chi connectivity index (χ3n) is 3.40. The Kier molecular flexibility index (Phi) is 2.57. The van der Waals surface area contributed by atoms with Gasteiger partial charge in [-0.15, -0.1) is 0 Å². The van der Waals surface area contributed by atoms with Crippen molar-refractivity contribution in [2.45, 2.75) is 6.10 Å². The third kappa shape index (κ3) is 1.53. The van der Waals surface area contributed by atoms with Crippen LogP contribution in [0.1, 0.15) is 10.5 Å². The molecule has 1 N–H and O–H groups in total. The molecule has 3 rings (SSSR count). The lowest BCUT2D eigenvalue weighted by atomic mass is 10.1. The zero-order chi connectivity index (χ0) is 12.9. The van der Waals surface area contributed by atoms with Crippen LogP contribution in [0.15, 0.2) is 24.3 Å². The zero-order valence-corrected chi connectivity index (χ0v) is 10.7. The molecule has 0 unspecified atom stereocenters. The summed E-state index contributed by atoms with van der Waals surface area (Å²) in [7, 11) is 1.83. The van der Waals surface area contributed by atoms with Gasteiger partial charge in [0.15, 0.2) is 0 Å². The topological polar surface area (TPSA) is 45.5 Å². The van der Waals surface area contributed by atoms with E-state index in [9.17, 15) is 9.90 Å². The van der Waals surface area contributed by atoms with Crippen LogP contribution in [0.4, 0.5) is 0 Å². The fraction of sp³-hybridized carbons (Fsp3) is 0.308. The van der Waals surface area contributed by atoms with Crippen LogP contribution in [0, 0.1) is 0 Å². The first kappa shape index (κ1) is 11.6. The van der Waals surface area contributed by atoms with E-state index in [1.807, 2.05) is 35.9 Å². The number of aryl methyl sites for hydroxylation is 1. The van der Waals surface area contributed by atoms with Crippen LogP contribution in [-0.4, -0.2) is 39.7 Å². The molecule has 94 valence electrons. The highest BCUT2D eigenvalue weighted by atomic mass is 35.5. The largest absolute Gasteiger partial charge is 0.389 e. The first-order chi connectivity index (χ1) is 8.59. The molecule has 0 saturated carbocycles. The maximum Gasteiger partial charge on any atom is 0.272 e. The van der Waals surface area contributed by atoms with Crippen molar-refractivity contribution in [3.63, 3.8) is 0 Å². The third-order valence-corrected chi connectivity index (χ3v) is 3.78. The summed E-state index contributed by atoms with van der Waals surface area (Å²) in [5.41, 5.74) is 1.43. The van der Waals surface area contributed by atoms with Crippen molar-refractivity contribution in [3.05, 3.63) is 35.0 Å². The number of amides is 1. The maximum absolute atomic E-state index is 12.3. The average Bonchev–Trinajstić information content (AvgIpc) is 2.58. The Bertz CT molecular complexity index is 590. The molecule has 1 aromatic carbocycles. The molecule has 1 fully saturated rings. The van der Waals surface area contributed by atoms with Gasteiger partial charge in [-0.25, -0.2) is 0 Å². The van der Waals surface area contributed by atoms with E-state index >= 15 is 0 Å². The van der Waals surface area contributed by atoms with Crippen LogP contribution in [0.25, 0.3) is 10.9 Å². The molecule has 18 heavy (non-hydrogen) atoms. The fourth-order valence-electron chi connectivity index (χ4n) is 2.36. The van der Waals surface area contributed by atoms with Crippen molar-refractivity contribution in [3.8, 4) is 0 Å². The number of nitrogens with zero attached hydrogens (tertiary/aromatic N) is 2. The molecule has 0 bridgehead atoms. The summed E-state index contributed by atoms with van der Waals surface area (Å²) in [5.74, 6) is -0.121. The summed E-state index contributed by atoms with van der Waals surface area (Å²) in [6.07, 6.45) is -0.401. The SMILES string of the molecule is Cn1c(C(=O)N2CC(O)C2)c(Cl)c2ccccc21. The number of aliphatic hydroxyl groups excluding tert-OH is 1. The molecule has 0 spiro atoms. The number of para-hydroxylation sites is 1. The van der Waals surface area contributed by atoms with Gasteiger partial charge in [-0.1, -0.05) is 29.8 Å². The van der Waals surface area contributed by atoms with Gasteiger partial charge in [0.25, 0.3) is 5.91 Å². The van der Waals surface area contributed by atoms with Gasteiger partial charge in [0, 0.05) is 31.0 Å². The van der Waals surface area contributed by atoms with Crippen molar-refractivity contribution in [2.24, 2.45) is 7.05 Å². The molecule has 0 atom stereocenters. The lowest BCUT2D eigenvalue weighted by Crippen LogP contribution is -2.53. The number of carbonyl (C=O) groups is 1. The Hall–Kier alpha value is -1.52. The summed E-state index contributed by atoms with van der Waals surface area (Å²) in [6.45, 7) is 0.771. The Balaban J connectivity index is 2.09. The van der Waals surface area contributed by atoms with E-state index in [-0.39, 0.29) is 5.91 Å². The van der Waals surface area contributed by atoms with Gasteiger partial charge in [-0.05, 0) is 6.07 Å². The average molecular weight is 265 g/mol. The van der Waals surface area contributed by atoms with E-state index < -0.39 is 6.10 Å². The van der Waals surface area contributed by atoms with E-state index in [1.165, 1.54) is 0 Å². The second-order valence-corrected chi connectivity index (χ2v) is 4.98. The number of carbonyl (C=O) groups excluding carboxylic acids is 1. The number of hydrogen-bond donors (Lipinski definition) is 1. The Morgan fingerprint density at radius 2 is 2.06 bits per heavy atom. The van der Waals surface area contributed by atoms with Crippen molar-refractivity contribution in [1.29, 1.82) is 0 Å². The quantitative estimate of drug-likeness (QED) is 0.851. The Labute approximate surface area is 109 Å². The van der Waals surface area contributed by atoms with Crippen LogP contribution >= 0.6 is 11.6 Å². The molecule has 5 heteroatoms. The highest BCUT2D eigenvalue weighted by Crippen LogP contribution is 2.31. The second kappa shape index (κ2) is 4.00. The molecule has 1 amide bonds. The van der Waals surface area contributed by atoms with Gasteiger partial charge in [-0.2, -0.15) is 0 Å². The molecule has 0 aliphatic carbocycles. The molecule has 1 saturated heterocycles. The number of fused-ring (bicyclic) bond motifs is 1. The van der Waals surface area contributed by atoms with Gasteiger partial charge in [0.05, 0.1) is 11.1 Å². The monoisotopic (exact) mass is 264 g/mol. The van der Waals surface area contributed by atoms with Gasteiger partial charge in [0.2, 0.25) is 0 Å². The molecule has 1 aliphatic rings. The maximum atomic E-state index is 12.3. The zero-order valence-electron chi connectivity index (χ0n) is 9.93. The van der Waals surface area contributed by atoms with Gasteiger partial charge in [0.1, 0.15) is 5.69 Å². The van der Waals surface area contributed by atoms with Crippen LogP contribution in [-0.2, 0) is 7.05 Å². The van der Waals surface area contributed by atoms with Crippen molar-refractivity contribution in [2.75, 3.05) is 13.1 Å². The standard InChI is InChI=1S/C13H13ClN2O2/c1-15-10-5-3-2-4-9(10)11(14)12(15)13(18)16-6-8(17)7-16/h2-5,8,17H,6-7H2,1H3. The summed E-state index contributed by atoms with van der Waals surface area (Å²) in [6, 6.07) is 7.65.